The molecule has 1 amide bonds. The van der Waals surface area contributed by atoms with E-state index in [4.69, 9.17) is 11.6 Å². The number of carbonyl (C=O) groups excluding carboxylic acids is 1. The average molecular weight is 422 g/mol. The van der Waals surface area contributed by atoms with E-state index in [0.717, 1.165) is 0 Å². The van der Waals surface area contributed by atoms with E-state index in [9.17, 15) is 19.3 Å². The summed E-state index contributed by atoms with van der Waals surface area (Å²) in [5.41, 5.74) is 1.02. The number of nitrogens with one attached hydrogen (secondary N) is 1. The first-order chi connectivity index (χ1) is 13.7. The van der Waals surface area contributed by atoms with Crippen LogP contribution in [0.15, 0.2) is 24.5 Å². The van der Waals surface area contributed by atoms with Crippen molar-refractivity contribution in [1.29, 1.82) is 0 Å². The molecular formula is C17H17ClFN7O3. The second-order valence-electron chi connectivity index (χ2n) is 6.39. The lowest BCUT2D eigenvalue weighted by Gasteiger charge is -2.12. The first kappa shape index (κ1) is 20.4. The Morgan fingerprint density at radius 2 is 2.10 bits per heavy atom. The van der Waals surface area contributed by atoms with E-state index in [-0.39, 0.29) is 34.6 Å². The Morgan fingerprint density at radius 3 is 2.72 bits per heavy atom. The van der Waals surface area contributed by atoms with Gasteiger partial charge in [-0.3, -0.25) is 24.9 Å². The summed E-state index contributed by atoms with van der Waals surface area (Å²) in [4.78, 5) is 27.1. The normalized spacial score (nSPS) is 12.0. The molecule has 2 heterocycles. The molecule has 2 aromatic heterocycles. The van der Waals surface area contributed by atoms with Gasteiger partial charge in [0.15, 0.2) is 0 Å². The van der Waals surface area contributed by atoms with Gasteiger partial charge in [0, 0.05) is 5.02 Å². The quantitative estimate of drug-likeness (QED) is 0.482. The summed E-state index contributed by atoms with van der Waals surface area (Å²) >= 11 is 6.00. The number of halogens is 2. The molecule has 0 saturated carbocycles. The minimum absolute atomic E-state index is 0.0520. The number of anilines is 1. The third-order valence-electron chi connectivity index (χ3n) is 4.33. The number of benzene rings is 1. The van der Waals surface area contributed by atoms with Crippen LogP contribution in [0.1, 0.15) is 29.9 Å². The summed E-state index contributed by atoms with van der Waals surface area (Å²) < 4.78 is 15.9. The Labute approximate surface area is 169 Å². The van der Waals surface area contributed by atoms with Crippen molar-refractivity contribution in [2.75, 3.05) is 5.32 Å². The Bertz CT molecular complexity index is 1090. The Morgan fingerprint density at radius 1 is 1.38 bits per heavy atom. The summed E-state index contributed by atoms with van der Waals surface area (Å²) in [6.45, 7) is 4.84. The van der Waals surface area contributed by atoms with Crippen LogP contribution in [0, 0.1) is 29.8 Å². The first-order valence-electron chi connectivity index (χ1n) is 8.51. The molecule has 1 N–H and O–H groups in total. The number of amides is 1. The van der Waals surface area contributed by atoms with Crippen molar-refractivity contribution in [3.05, 3.63) is 62.4 Å². The lowest BCUT2D eigenvalue weighted by molar-refractivity contribution is -0.386. The minimum atomic E-state index is -0.819. The molecule has 0 bridgehead atoms. The number of aryl methyl sites for hydroxylation is 1. The van der Waals surface area contributed by atoms with Crippen molar-refractivity contribution < 1.29 is 14.1 Å². The number of hydrogen-bond acceptors (Lipinski definition) is 6. The van der Waals surface area contributed by atoms with Gasteiger partial charge in [-0.15, -0.1) is 5.10 Å². The van der Waals surface area contributed by atoms with Crippen LogP contribution in [0.25, 0.3) is 0 Å². The van der Waals surface area contributed by atoms with Crippen molar-refractivity contribution in [2.24, 2.45) is 0 Å². The zero-order chi connectivity index (χ0) is 21.3. The molecule has 12 heteroatoms. The van der Waals surface area contributed by atoms with Crippen molar-refractivity contribution >= 4 is 29.1 Å². The van der Waals surface area contributed by atoms with Crippen LogP contribution < -0.4 is 5.32 Å². The predicted molar refractivity (Wildman–Crippen MR) is 102 cm³/mol. The summed E-state index contributed by atoms with van der Waals surface area (Å²) in [5, 5.41) is 22.2. The third kappa shape index (κ3) is 4.24. The van der Waals surface area contributed by atoms with Crippen LogP contribution in [0.5, 0.6) is 0 Å². The van der Waals surface area contributed by atoms with Crippen LogP contribution in [0.2, 0.25) is 5.02 Å². The Balaban J connectivity index is 1.72. The number of nitrogens with zero attached hydrogens (tertiary/aromatic N) is 6. The van der Waals surface area contributed by atoms with E-state index in [1.807, 2.05) is 0 Å². The molecule has 3 aromatic rings. The maximum Gasteiger partial charge on any atom is 0.312 e. The van der Waals surface area contributed by atoms with E-state index < -0.39 is 22.7 Å². The van der Waals surface area contributed by atoms with E-state index in [2.05, 4.69) is 20.5 Å². The standard InChI is InChI=1S/C17H17ClFN7O3/c1-9-15(26(28)29)10(2)25(22-9)11(3)16(27)21-17-20-8-24(23-17)7-12-4-5-13(19)6-14(12)18/h4-6,8,11H,7H2,1-3H3,(H,21,23,27). The summed E-state index contributed by atoms with van der Waals surface area (Å²) in [6.07, 6.45) is 1.40. The van der Waals surface area contributed by atoms with Crippen molar-refractivity contribution in [2.45, 2.75) is 33.4 Å². The molecule has 1 unspecified atom stereocenters. The first-order valence-corrected chi connectivity index (χ1v) is 8.89. The molecule has 0 aliphatic rings. The average Bonchev–Trinajstić information content (AvgIpc) is 3.20. The molecular weight excluding hydrogens is 405 g/mol. The lowest BCUT2D eigenvalue weighted by Crippen LogP contribution is -2.26. The molecule has 0 radical (unpaired) electrons. The van der Waals surface area contributed by atoms with E-state index >= 15 is 0 Å². The zero-order valence-electron chi connectivity index (χ0n) is 15.8. The highest BCUT2D eigenvalue weighted by molar-refractivity contribution is 6.31. The van der Waals surface area contributed by atoms with E-state index in [1.165, 1.54) is 47.7 Å². The summed E-state index contributed by atoms with van der Waals surface area (Å²) in [5.74, 6) is -0.872. The molecule has 152 valence electrons. The van der Waals surface area contributed by atoms with Gasteiger partial charge in [-0.1, -0.05) is 17.7 Å². The fourth-order valence-corrected chi connectivity index (χ4v) is 3.10. The van der Waals surface area contributed by atoms with Gasteiger partial charge in [0.25, 0.3) is 5.91 Å². The van der Waals surface area contributed by atoms with Gasteiger partial charge in [-0.05, 0) is 38.5 Å². The molecule has 0 saturated heterocycles. The highest BCUT2D eigenvalue weighted by Gasteiger charge is 2.27. The van der Waals surface area contributed by atoms with E-state index in [1.54, 1.807) is 6.92 Å². The van der Waals surface area contributed by atoms with Crippen LogP contribution in [-0.2, 0) is 11.3 Å². The smallest absolute Gasteiger partial charge is 0.291 e. The Kier molecular flexibility index (Phi) is 5.59. The zero-order valence-corrected chi connectivity index (χ0v) is 16.5. The van der Waals surface area contributed by atoms with Gasteiger partial charge in [0.05, 0.1) is 11.5 Å². The van der Waals surface area contributed by atoms with Crippen LogP contribution >= 0.6 is 11.6 Å². The summed E-state index contributed by atoms with van der Waals surface area (Å²) in [7, 11) is 0. The largest absolute Gasteiger partial charge is 0.312 e. The molecule has 0 spiro atoms. The van der Waals surface area contributed by atoms with Gasteiger partial charge in [-0.2, -0.15) is 5.10 Å². The molecule has 1 aromatic carbocycles. The molecule has 0 aliphatic heterocycles. The van der Waals surface area contributed by atoms with Gasteiger partial charge in [0.1, 0.15) is 29.6 Å². The fourth-order valence-electron chi connectivity index (χ4n) is 2.87. The molecule has 0 aliphatic carbocycles. The number of carbonyl (C=O) groups is 1. The van der Waals surface area contributed by atoms with Gasteiger partial charge in [-0.25, -0.2) is 14.1 Å². The molecule has 1 atom stereocenters. The third-order valence-corrected chi connectivity index (χ3v) is 4.69. The molecule has 10 nitrogen and oxygen atoms in total. The maximum atomic E-state index is 13.1. The summed E-state index contributed by atoms with van der Waals surface area (Å²) in [6, 6.07) is 3.21. The van der Waals surface area contributed by atoms with Gasteiger partial charge < -0.3 is 0 Å². The lowest BCUT2D eigenvalue weighted by atomic mass is 10.2. The monoisotopic (exact) mass is 421 g/mol. The minimum Gasteiger partial charge on any atom is -0.291 e. The SMILES string of the molecule is Cc1nn(C(C)C(=O)Nc2ncn(Cc3ccc(F)cc3Cl)n2)c(C)c1[N+](=O)[O-]. The number of hydrogen-bond donors (Lipinski definition) is 1. The van der Waals surface area contributed by atoms with Crippen LogP contribution in [0.3, 0.4) is 0 Å². The maximum absolute atomic E-state index is 13.1. The van der Waals surface area contributed by atoms with Gasteiger partial charge >= 0.3 is 5.69 Å². The highest BCUT2D eigenvalue weighted by Crippen LogP contribution is 2.25. The topological polar surface area (TPSA) is 121 Å². The molecule has 0 fully saturated rings. The fraction of sp³-hybridized carbons (Fsp3) is 0.294. The second-order valence-corrected chi connectivity index (χ2v) is 6.80. The molecule has 3 rings (SSSR count). The molecule has 29 heavy (non-hydrogen) atoms. The number of rotatable bonds is 6. The van der Waals surface area contributed by atoms with Crippen molar-refractivity contribution in [3.63, 3.8) is 0 Å². The number of nitro groups is 1. The number of aromatic nitrogens is 5. The predicted octanol–water partition coefficient (Wildman–Crippen LogP) is 3.04. The highest BCUT2D eigenvalue weighted by atomic mass is 35.5. The van der Waals surface area contributed by atoms with Gasteiger partial charge in [0.2, 0.25) is 5.95 Å². The van der Waals surface area contributed by atoms with Crippen molar-refractivity contribution in [1.82, 2.24) is 24.5 Å². The van der Waals surface area contributed by atoms with Crippen LogP contribution in [-0.4, -0.2) is 35.4 Å². The van der Waals surface area contributed by atoms with Crippen molar-refractivity contribution in [3.8, 4) is 0 Å². The van der Waals surface area contributed by atoms with Crippen LogP contribution in [0.4, 0.5) is 16.0 Å². The van der Waals surface area contributed by atoms with E-state index in [0.29, 0.717) is 5.56 Å². The second kappa shape index (κ2) is 7.95. The Hall–Kier alpha value is -3.34.